The second-order valence-electron chi connectivity index (χ2n) is 2.84. The van der Waals surface area contributed by atoms with E-state index in [1.165, 1.54) is 0 Å². The first-order valence-electron chi connectivity index (χ1n) is 5.08. The van der Waals surface area contributed by atoms with Crippen LogP contribution in [0.2, 0.25) is 0 Å². The summed E-state index contributed by atoms with van der Waals surface area (Å²) in [7, 11) is 0. The van der Waals surface area contributed by atoms with Crippen molar-refractivity contribution in [3.8, 4) is 0 Å². The molecular formula is C10H18O4S2. The highest BCUT2D eigenvalue weighted by molar-refractivity contribution is 7.99. The average molecular weight is 266 g/mol. The molecule has 0 aliphatic heterocycles. The Morgan fingerprint density at radius 2 is 1.62 bits per heavy atom. The van der Waals surface area contributed by atoms with E-state index in [1.807, 2.05) is 13.2 Å². The molecule has 0 bridgehead atoms. The van der Waals surface area contributed by atoms with E-state index in [2.05, 4.69) is 0 Å². The number of ether oxygens (including phenoxy) is 2. The minimum atomic E-state index is -0.329. The van der Waals surface area contributed by atoms with Crippen LogP contribution in [0.3, 0.4) is 0 Å². The molecule has 4 nitrogen and oxygen atoms in total. The third-order valence-electron chi connectivity index (χ3n) is 1.60. The molecule has 0 unspecified atom stereocenters. The molecule has 0 spiro atoms. The fourth-order valence-electron chi connectivity index (χ4n) is 0.790. The minimum Gasteiger partial charge on any atom is -0.428 e. The van der Waals surface area contributed by atoms with Crippen LogP contribution in [-0.2, 0) is 19.1 Å². The fourth-order valence-corrected chi connectivity index (χ4v) is 1.76. The highest BCUT2D eigenvalue weighted by Gasteiger charge is 2.05. The number of hydrogen-bond donors (Lipinski definition) is 0. The first-order valence-corrected chi connectivity index (χ1v) is 7.63. The zero-order chi connectivity index (χ0) is 12.2. The third kappa shape index (κ3) is 10.2. The maximum Gasteiger partial charge on any atom is 0.309 e. The molecule has 0 aromatic carbocycles. The van der Waals surface area contributed by atoms with E-state index in [0.29, 0.717) is 12.8 Å². The van der Waals surface area contributed by atoms with E-state index in [1.54, 1.807) is 23.5 Å². The molecular weight excluding hydrogens is 248 g/mol. The van der Waals surface area contributed by atoms with Crippen LogP contribution in [0.1, 0.15) is 19.8 Å². The van der Waals surface area contributed by atoms with Crippen molar-refractivity contribution in [3.63, 3.8) is 0 Å². The molecule has 0 N–H and O–H groups in total. The largest absolute Gasteiger partial charge is 0.428 e. The van der Waals surface area contributed by atoms with Crippen LogP contribution >= 0.6 is 23.5 Å². The van der Waals surface area contributed by atoms with Crippen molar-refractivity contribution in [2.75, 3.05) is 30.3 Å². The molecule has 0 saturated heterocycles. The number of carbonyl (C=O) groups is 2. The molecule has 0 saturated carbocycles. The zero-order valence-electron chi connectivity index (χ0n) is 9.69. The lowest BCUT2D eigenvalue weighted by Gasteiger charge is -2.05. The summed E-state index contributed by atoms with van der Waals surface area (Å²) in [6.45, 7) is 1.77. The van der Waals surface area contributed by atoms with Gasteiger partial charge in [0.15, 0.2) is 0 Å². The summed E-state index contributed by atoms with van der Waals surface area (Å²) < 4.78 is 9.46. The molecule has 0 aromatic heterocycles. The monoisotopic (exact) mass is 266 g/mol. The van der Waals surface area contributed by atoms with Gasteiger partial charge in [0.05, 0.1) is 12.8 Å². The van der Waals surface area contributed by atoms with Crippen molar-refractivity contribution in [2.24, 2.45) is 0 Å². The predicted octanol–water partition coefficient (Wildman–Crippen LogP) is 1.93. The molecule has 0 aromatic rings. The van der Waals surface area contributed by atoms with Gasteiger partial charge in [-0.15, -0.1) is 0 Å². The van der Waals surface area contributed by atoms with Gasteiger partial charge in [0.25, 0.3) is 0 Å². The average Bonchev–Trinajstić information content (AvgIpc) is 2.26. The molecule has 16 heavy (non-hydrogen) atoms. The number of rotatable bonds is 9. The van der Waals surface area contributed by atoms with Gasteiger partial charge in [-0.25, -0.2) is 0 Å². The second-order valence-corrected chi connectivity index (χ2v) is 5.22. The predicted molar refractivity (Wildman–Crippen MR) is 67.7 cm³/mol. The molecule has 0 atom stereocenters. The number of hydrogen-bond acceptors (Lipinski definition) is 6. The summed E-state index contributed by atoms with van der Waals surface area (Å²) in [5.41, 5.74) is 0. The Hall–Kier alpha value is -0.360. The van der Waals surface area contributed by atoms with Crippen LogP contribution in [0.15, 0.2) is 0 Å². The van der Waals surface area contributed by atoms with Crippen molar-refractivity contribution in [1.29, 1.82) is 0 Å². The Kier molecular flexibility index (Phi) is 10.9. The Balaban J connectivity index is 3.36. The minimum absolute atomic E-state index is 0.261. The van der Waals surface area contributed by atoms with E-state index >= 15 is 0 Å². The summed E-state index contributed by atoms with van der Waals surface area (Å²) in [5, 5.41) is 0. The van der Waals surface area contributed by atoms with E-state index in [-0.39, 0.29) is 18.7 Å². The van der Waals surface area contributed by atoms with Gasteiger partial charge in [-0.05, 0) is 12.0 Å². The molecule has 0 heterocycles. The fraction of sp³-hybridized carbons (Fsp3) is 0.800. The standard InChI is InChI=1S/C10H18O4S2/c1-3-16-7-5-10(12)14-8-13-9(11)4-6-15-2/h3-8H2,1-2H3. The maximum absolute atomic E-state index is 11.1. The van der Waals surface area contributed by atoms with Crippen LogP contribution in [0.5, 0.6) is 0 Å². The lowest BCUT2D eigenvalue weighted by Crippen LogP contribution is -2.13. The highest BCUT2D eigenvalue weighted by Crippen LogP contribution is 2.02. The summed E-state index contributed by atoms with van der Waals surface area (Å²) in [6.07, 6.45) is 2.63. The lowest BCUT2D eigenvalue weighted by atomic mass is 10.5. The Bertz CT molecular complexity index is 209. The van der Waals surface area contributed by atoms with Gasteiger partial charge in [-0.1, -0.05) is 6.92 Å². The normalized spacial score (nSPS) is 9.88. The number of esters is 2. The van der Waals surface area contributed by atoms with Crippen molar-refractivity contribution >= 4 is 35.5 Å². The Morgan fingerprint density at radius 1 is 1.06 bits per heavy atom. The maximum atomic E-state index is 11.1. The smallest absolute Gasteiger partial charge is 0.309 e. The van der Waals surface area contributed by atoms with E-state index < -0.39 is 0 Å². The van der Waals surface area contributed by atoms with Gasteiger partial charge in [0.2, 0.25) is 6.79 Å². The van der Waals surface area contributed by atoms with Crippen molar-refractivity contribution in [3.05, 3.63) is 0 Å². The second kappa shape index (κ2) is 11.1. The van der Waals surface area contributed by atoms with Gasteiger partial charge < -0.3 is 9.47 Å². The summed E-state index contributed by atoms with van der Waals surface area (Å²) in [4.78, 5) is 22.1. The molecule has 94 valence electrons. The summed E-state index contributed by atoms with van der Waals surface area (Å²) in [6, 6.07) is 0. The molecule has 0 aliphatic rings. The van der Waals surface area contributed by atoms with Crippen molar-refractivity contribution < 1.29 is 19.1 Å². The highest BCUT2D eigenvalue weighted by atomic mass is 32.2. The van der Waals surface area contributed by atoms with Crippen LogP contribution in [0.25, 0.3) is 0 Å². The number of thioether (sulfide) groups is 2. The first-order chi connectivity index (χ1) is 7.70. The zero-order valence-corrected chi connectivity index (χ0v) is 11.3. The quantitative estimate of drug-likeness (QED) is 0.361. The molecule has 6 heteroatoms. The Labute approximate surface area is 105 Å². The third-order valence-corrected chi connectivity index (χ3v) is 3.12. The van der Waals surface area contributed by atoms with E-state index in [9.17, 15) is 9.59 Å². The summed E-state index contributed by atoms with van der Waals surface area (Å²) >= 11 is 3.25. The lowest BCUT2D eigenvalue weighted by molar-refractivity contribution is -0.166. The van der Waals surface area contributed by atoms with Gasteiger partial charge in [0.1, 0.15) is 0 Å². The van der Waals surface area contributed by atoms with Crippen LogP contribution in [0, 0.1) is 0 Å². The van der Waals surface area contributed by atoms with Crippen LogP contribution in [-0.4, -0.2) is 42.2 Å². The summed E-state index contributed by atoms with van der Waals surface area (Å²) in [5.74, 6) is 1.80. The van der Waals surface area contributed by atoms with Crippen molar-refractivity contribution in [1.82, 2.24) is 0 Å². The molecule has 0 aliphatic carbocycles. The number of carbonyl (C=O) groups excluding carboxylic acids is 2. The SMILES string of the molecule is CCSCCC(=O)OCOC(=O)CCSC. The Morgan fingerprint density at radius 3 is 2.12 bits per heavy atom. The van der Waals surface area contributed by atoms with Crippen LogP contribution < -0.4 is 0 Å². The molecule has 0 rings (SSSR count). The van der Waals surface area contributed by atoms with E-state index in [4.69, 9.17) is 9.47 Å². The topological polar surface area (TPSA) is 52.6 Å². The van der Waals surface area contributed by atoms with Gasteiger partial charge >= 0.3 is 11.9 Å². The van der Waals surface area contributed by atoms with Crippen molar-refractivity contribution in [2.45, 2.75) is 19.8 Å². The van der Waals surface area contributed by atoms with Gasteiger partial charge in [0, 0.05) is 11.5 Å². The van der Waals surface area contributed by atoms with Gasteiger partial charge in [-0.3, -0.25) is 9.59 Å². The molecule has 0 fully saturated rings. The van der Waals surface area contributed by atoms with Crippen LogP contribution in [0.4, 0.5) is 0 Å². The first kappa shape index (κ1) is 15.6. The molecule has 0 radical (unpaired) electrons. The van der Waals surface area contributed by atoms with Gasteiger partial charge in [-0.2, -0.15) is 23.5 Å². The molecule has 0 amide bonds. The van der Waals surface area contributed by atoms with E-state index in [0.717, 1.165) is 17.3 Å².